The lowest BCUT2D eigenvalue weighted by atomic mass is 9.84. The van der Waals surface area contributed by atoms with Crippen LogP contribution in [0.2, 0.25) is 5.02 Å². The largest absolute Gasteiger partial charge is 0.496 e. The van der Waals surface area contributed by atoms with Crippen molar-refractivity contribution in [1.29, 1.82) is 0 Å². The number of ether oxygens (including phenoxy) is 1. The second-order valence-corrected chi connectivity index (χ2v) is 8.09. The summed E-state index contributed by atoms with van der Waals surface area (Å²) in [6, 6.07) is 5.26. The summed E-state index contributed by atoms with van der Waals surface area (Å²) in [6.45, 7) is 2.74. The molecule has 1 saturated heterocycles. The highest BCUT2D eigenvalue weighted by Crippen LogP contribution is 2.46. The maximum atomic E-state index is 15.6. The number of likely N-dealkylation sites (tertiary alicyclic amines) is 1. The van der Waals surface area contributed by atoms with Gasteiger partial charge in [0.15, 0.2) is 0 Å². The molecule has 4 heteroatoms. The molecular weight excluding hydrogens is 325 g/mol. The molecular formula is C20H25ClFNO. The lowest BCUT2D eigenvalue weighted by molar-refractivity contribution is 0.0451. The molecule has 1 saturated carbocycles. The fourth-order valence-corrected chi connectivity index (χ4v) is 5.00. The van der Waals surface area contributed by atoms with Gasteiger partial charge in [0, 0.05) is 30.2 Å². The van der Waals surface area contributed by atoms with Gasteiger partial charge < -0.3 is 9.64 Å². The second kappa shape index (κ2) is 6.34. The third-order valence-electron chi connectivity index (χ3n) is 6.20. The molecule has 0 N–H and O–H groups in total. The van der Waals surface area contributed by atoms with Crippen LogP contribution < -0.4 is 4.74 Å². The zero-order chi connectivity index (χ0) is 16.7. The quantitative estimate of drug-likeness (QED) is 0.722. The molecule has 0 amide bonds. The highest BCUT2D eigenvalue weighted by molar-refractivity contribution is 6.30. The molecule has 0 spiro atoms. The average Bonchev–Trinajstić information content (AvgIpc) is 3.20. The van der Waals surface area contributed by atoms with Crippen LogP contribution in [0.25, 0.3) is 0 Å². The molecule has 3 atom stereocenters. The Hall–Kier alpha value is -1.06. The van der Waals surface area contributed by atoms with E-state index in [-0.39, 0.29) is 0 Å². The summed E-state index contributed by atoms with van der Waals surface area (Å²) >= 11 is 6.09. The van der Waals surface area contributed by atoms with E-state index < -0.39 is 5.67 Å². The number of halogens is 2. The van der Waals surface area contributed by atoms with Crippen molar-refractivity contribution in [3.8, 4) is 5.75 Å². The summed E-state index contributed by atoms with van der Waals surface area (Å²) in [5, 5.41) is 0.569. The molecule has 1 aromatic carbocycles. The first kappa shape index (κ1) is 16.4. The molecule has 2 aliphatic carbocycles. The van der Waals surface area contributed by atoms with Crippen molar-refractivity contribution in [2.45, 2.75) is 31.4 Å². The Bertz CT molecular complexity index is 639. The van der Waals surface area contributed by atoms with Gasteiger partial charge in [-0.15, -0.1) is 0 Å². The average molecular weight is 350 g/mol. The lowest BCUT2D eigenvalue weighted by Gasteiger charge is -2.39. The molecule has 2 fully saturated rings. The number of hydrogen-bond acceptors (Lipinski definition) is 2. The second-order valence-electron chi connectivity index (χ2n) is 7.65. The predicted molar refractivity (Wildman–Crippen MR) is 95.3 cm³/mol. The first-order chi connectivity index (χ1) is 11.6. The van der Waals surface area contributed by atoms with E-state index in [2.05, 4.69) is 17.1 Å². The van der Waals surface area contributed by atoms with Gasteiger partial charge in [-0.25, -0.2) is 4.39 Å². The first-order valence-corrected chi connectivity index (χ1v) is 9.39. The minimum Gasteiger partial charge on any atom is -0.496 e. The summed E-state index contributed by atoms with van der Waals surface area (Å²) < 4.78 is 21.0. The first-order valence-electron chi connectivity index (χ1n) is 9.01. The molecule has 0 radical (unpaired) electrons. The van der Waals surface area contributed by atoms with E-state index in [1.165, 1.54) is 12.8 Å². The maximum Gasteiger partial charge on any atom is 0.142 e. The monoisotopic (exact) mass is 349 g/mol. The molecule has 130 valence electrons. The van der Waals surface area contributed by atoms with Crippen LogP contribution in [-0.2, 0) is 5.67 Å². The Labute approximate surface area is 148 Å². The third kappa shape index (κ3) is 2.97. The van der Waals surface area contributed by atoms with Crippen LogP contribution in [0.1, 0.15) is 31.2 Å². The molecule has 1 aliphatic heterocycles. The van der Waals surface area contributed by atoms with E-state index in [1.54, 1.807) is 25.3 Å². The minimum atomic E-state index is -1.33. The van der Waals surface area contributed by atoms with Gasteiger partial charge in [-0.3, -0.25) is 0 Å². The summed E-state index contributed by atoms with van der Waals surface area (Å²) in [5.74, 6) is 2.95. The van der Waals surface area contributed by atoms with Crippen molar-refractivity contribution in [3.05, 3.63) is 40.9 Å². The Morgan fingerprint density at radius 3 is 2.67 bits per heavy atom. The number of fused-ring (bicyclic) bond motifs is 2. The Kier molecular flexibility index (Phi) is 4.34. The third-order valence-corrected chi connectivity index (χ3v) is 6.44. The molecule has 0 aromatic heterocycles. The van der Waals surface area contributed by atoms with Gasteiger partial charge in [0.1, 0.15) is 11.4 Å². The van der Waals surface area contributed by atoms with E-state index in [0.29, 0.717) is 29.2 Å². The van der Waals surface area contributed by atoms with Crippen LogP contribution in [0.5, 0.6) is 5.75 Å². The number of hydrogen-bond donors (Lipinski definition) is 0. The number of nitrogens with zero attached hydrogens (tertiary/aromatic N) is 1. The maximum absolute atomic E-state index is 15.6. The number of benzene rings is 1. The van der Waals surface area contributed by atoms with Crippen LogP contribution in [0.15, 0.2) is 30.4 Å². The molecule has 2 nitrogen and oxygen atoms in total. The topological polar surface area (TPSA) is 12.5 Å². The van der Waals surface area contributed by atoms with Crippen LogP contribution in [0.4, 0.5) is 4.39 Å². The smallest absolute Gasteiger partial charge is 0.142 e. The fraction of sp³-hybridized carbons (Fsp3) is 0.600. The zero-order valence-electron chi connectivity index (χ0n) is 14.2. The van der Waals surface area contributed by atoms with Gasteiger partial charge in [-0.1, -0.05) is 23.8 Å². The predicted octanol–water partition coefficient (Wildman–Crippen LogP) is 4.82. The van der Waals surface area contributed by atoms with E-state index >= 15 is 4.39 Å². The molecule has 3 aliphatic rings. The SMILES string of the molecule is COc1ccc(Cl)cc1C1(F)CCN(C[C@H]2C[C@H]3C=C[C@H]2C3)CC1. The van der Waals surface area contributed by atoms with Gasteiger partial charge in [-0.05, 0) is 61.6 Å². The van der Waals surface area contributed by atoms with Gasteiger partial charge in [-0.2, -0.15) is 0 Å². The van der Waals surface area contributed by atoms with Crippen LogP contribution in [-0.4, -0.2) is 31.6 Å². The molecule has 1 aromatic rings. The van der Waals surface area contributed by atoms with Crippen molar-refractivity contribution in [2.24, 2.45) is 17.8 Å². The van der Waals surface area contributed by atoms with E-state index in [9.17, 15) is 0 Å². The minimum absolute atomic E-state index is 0.514. The molecule has 1 heterocycles. The van der Waals surface area contributed by atoms with Gasteiger partial charge in [0.2, 0.25) is 0 Å². The van der Waals surface area contributed by atoms with Gasteiger partial charge >= 0.3 is 0 Å². The highest BCUT2D eigenvalue weighted by Gasteiger charge is 2.41. The standard InChI is InChI=1S/C20H25ClFNO/c1-24-19-5-4-17(21)12-18(19)20(22)6-8-23(9-7-20)13-16-11-14-2-3-15(16)10-14/h2-5,12,14-16H,6-11,13H2,1H3/t14-,15-,16+/m0/s1. The molecule has 24 heavy (non-hydrogen) atoms. The van der Waals surface area contributed by atoms with Crippen LogP contribution in [0, 0.1) is 17.8 Å². The lowest BCUT2D eigenvalue weighted by Crippen LogP contribution is -2.42. The Morgan fingerprint density at radius 2 is 2.04 bits per heavy atom. The number of methoxy groups -OCH3 is 1. The Morgan fingerprint density at radius 1 is 1.25 bits per heavy atom. The van der Waals surface area contributed by atoms with E-state index in [1.807, 2.05) is 0 Å². The number of rotatable bonds is 4. The zero-order valence-corrected chi connectivity index (χ0v) is 14.9. The number of alkyl halides is 1. The normalized spacial score (nSPS) is 31.5. The summed E-state index contributed by atoms with van der Waals surface area (Å²) in [4.78, 5) is 2.45. The Balaban J connectivity index is 1.42. The fourth-order valence-electron chi connectivity index (χ4n) is 4.83. The van der Waals surface area contributed by atoms with Crippen molar-refractivity contribution in [1.82, 2.24) is 4.90 Å². The summed E-state index contributed by atoms with van der Waals surface area (Å²) in [7, 11) is 1.59. The van der Waals surface area contributed by atoms with Crippen molar-refractivity contribution >= 4 is 11.6 Å². The van der Waals surface area contributed by atoms with E-state index in [0.717, 1.165) is 37.4 Å². The van der Waals surface area contributed by atoms with Gasteiger partial charge in [0.25, 0.3) is 0 Å². The van der Waals surface area contributed by atoms with Crippen molar-refractivity contribution in [3.63, 3.8) is 0 Å². The molecule has 0 unspecified atom stereocenters. The molecule has 2 bridgehead atoms. The summed E-state index contributed by atoms with van der Waals surface area (Å²) in [5.41, 5.74) is -0.721. The highest BCUT2D eigenvalue weighted by atomic mass is 35.5. The number of piperidine rings is 1. The van der Waals surface area contributed by atoms with Crippen LogP contribution in [0.3, 0.4) is 0 Å². The van der Waals surface area contributed by atoms with Crippen molar-refractivity contribution in [2.75, 3.05) is 26.7 Å². The van der Waals surface area contributed by atoms with Gasteiger partial charge in [0.05, 0.1) is 7.11 Å². The summed E-state index contributed by atoms with van der Waals surface area (Å²) in [6.07, 6.45) is 8.47. The van der Waals surface area contributed by atoms with Crippen molar-refractivity contribution < 1.29 is 9.13 Å². The van der Waals surface area contributed by atoms with Crippen LogP contribution >= 0.6 is 11.6 Å². The molecule has 4 rings (SSSR count). The number of allylic oxidation sites excluding steroid dienone is 2. The van der Waals surface area contributed by atoms with E-state index in [4.69, 9.17) is 16.3 Å².